The third kappa shape index (κ3) is 8.02. The summed E-state index contributed by atoms with van der Waals surface area (Å²) in [6.07, 6.45) is 1.56. The molecular formula is C40H49NO4P2. The highest BCUT2D eigenvalue weighted by Crippen LogP contribution is 2.49. The molecule has 248 valence electrons. The lowest BCUT2D eigenvalue weighted by atomic mass is 10.1. The van der Waals surface area contributed by atoms with E-state index in [1.54, 1.807) is 14.2 Å². The first kappa shape index (κ1) is 34.9. The van der Waals surface area contributed by atoms with Gasteiger partial charge < -0.3 is 19.1 Å². The molecule has 1 aliphatic heterocycles. The van der Waals surface area contributed by atoms with E-state index in [1.807, 2.05) is 20.8 Å². The Morgan fingerprint density at radius 1 is 0.723 bits per heavy atom. The molecule has 4 aromatic carbocycles. The maximum atomic E-state index is 14.0. The molecule has 1 fully saturated rings. The van der Waals surface area contributed by atoms with Gasteiger partial charge in [-0.2, -0.15) is 0 Å². The zero-order valence-electron chi connectivity index (χ0n) is 29.3. The van der Waals surface area contributed by atoms with Gasteiger partial charge in [-0.1, -0.05) is 60.7 Å². The summed E-state index contributed by atoms with van der Waals surface area (Å²) in [6.45, 7) is 15.0. The fourth-order valence-corrected chi connectivity index (χ4v) is 12.7. The Kier molecular flexibility index (Phi) is 11.0. The minimum atomic E-state index is -0.850. The normalized spacial score (nSPS) is 16.5. The number of rotatable bonds is 9. The van der Waals surface area contributed by atoms with Crippen molar-refractivity contribution in [1.82, 2.24) is 4.90 Å². The number of benzene rings is 4. The number of likely N-dealkylation sites (tertiary alicyclic amines) is 1. The number of aryl methyl sites for hydroxylation is 4. The van der Waals surface area contributed by atoms with E-state index in [0.717, 1.165) is 46.3 Å². The monoisotopic (exact) mass is 669 g/mol. The molecule has 0 bridgehead atoms. The molecule has 1 saturated heterocycles. The van der Waals surface area contributed by atoms with Crippen LogP contribution in [0.1, 0.15) is 49.4 Å². The maximum absolute atomic E-state index is 14.0. The van der Waals surface area contributed by atoms with Gasteiger partial charge in [-0.05, 0) is 145 Å². The first-order valence-corrected chi connectivity index (χ1v) is 19.3. The Balaban J connectivity index is 1.62. The predicted octanol–water partition coefficient (Wildman–Crippen LogP) is 7.88. The van der Waals surface area contributed by atoms with E-state index >= 15 is 0 Å². The zero-order valence-corrected chi connectivity index (χ0v) is 31.1. The van der Waals surface area contributed by atoms with Crippen LogP contribution in [-0.4, -0.2) is 55.2 Å². The fourth-order valence-electron chi connectivity index (χ4n) is 6.93. The number of ether oxygens (including phenoxy) is 3. The summed E-state index contributed by atoms with van der Waals surface area (Å²) < 4.78 is 17.6. The Labute approximate surface area is 284 Å². The molecule has 0 saturated carbocycles. The topological polar surface area (TPSA) is 48.0 Å². The van der Waals surface area contributed by atoms with Gasteiger partial charge in [-0.3, -0.25) is 0 Å². The van der Waals surface area contributed by atoms with Gasteiger partial charge in [-0.15, -0.1) is 0 Å². The highest BCUT2D eigenvalue weighted by molar-refractivity contribution is 7.74. The van der Waals surface area contributed by atoms with Crippen molar-refractivity contribution in [3.8, 4) is 11.5 Å². The number of amides is 1. The van der Waals surface area contributed by atoms with Crippen molar-refractivity contribution < 1.29 is 19.0 Å². The molecule has 5 nitrogen and oxygen atoms in total. The third-order valence-corrected chi connectivity index (χ3v) is 14.1. The number of carbonyl (C=O) groups excluding carboxylic acids is 1. The molecule has 1 heterocycles. The van der Waals surface area contributed by atoms with Crippen molar-refractivity contribution in [2.75, 3.05) is 26.9 Å². The lowest BCUT2D eigenvalue weighted by molar-refractivity contribution is 0.0242. The van der Waals surface area contributed by atoms with Crippen LogP contribution in [0.15, 0.2) is 84.9 Å². The maximum Gasteiger partial charge on any atom is 0.410 e. The molecule has 5 rings (SSSR count). The smallest absolute Gasteiger partial charge is 0.410 e. The number of hydrogen-bond acceptors (Lipinski definition) is 4. The molecular weight excluding hydrogens is 620 g/mol. The zero-order chi connectivity index (χ0) is 33.9. The van der Waals surface area contributed by atoms with Crippen LogP contribution in [0.3, 0.4) is 0 Å². The van der Waals surface area contributed by atoms with Crippen molar-refractivity contribution in [3.63, 3.8) is 0 Å². The molecule has 1 aliphatic rings. The summed E-state index contributed by atoms with van der Waals surface area (Å²) >= 11 is 0. The number of carbonyl (C=O) groups is 1. The third-order valence-electron chi connectivity index (χ3n) is 8.77. The quantitative estimate of drug-likeness (QED) is 0.170. The molecule has 1 amide bonds. The second-order valence-electron chi connectivity index (χ2n) is 13.6. The molecule has 4 aromatic rings. The largest absolute Gasteiger partial charge is 0.496 e. The van der Waals surface area contributed by atoms with Crippen LogP contribution < -0.4 is 30.7 Å². The van der Waals surface area contributed by atoms with Gasteiger partial charge in [0, 0.05) is 18.2 Å². The lowest BCUT2D eigenvalue weighted by Crippen LogP contribution is -2.42. The average molecular weight is 670 g/mol. The summed E-state index contributed by atoms with van der Waals surface area (Å²) in [4.78, 5) is 16.1. The van der Waals surface area contributed by atoms with E-state index in [9.17, 15) is 4.79 Å². The molecule has 0 spiro atoms. The van der Waals surface area contributed by atoms with Crippen LogP contribution in [0.5, 0.6) is 11.5 Å². The number of nitrogens with zero attached hydrogens (tertiary/aromatic N) is 1. The van der Waals surface area contributed by atoms with Gasteiger partial charge in [0.2, 0.25) is 0 Å². The minimum Gasteiger partial charge on any atom is -0.496 e. The van der Waals surface area contributed by atoms with Gasteiger partial charge in [0.25, 0.3) is 0 Å². The summed E-state index contributed by atoms with van der Waals surface area (Å²) in [7, 11) is 1.93. The van der Waals surface area contributed by atoms with E-state index in [4.69, 9.17) is 14.2 Å². The second kappa shape index (κ2) is 14.8. The molecule has 7 heteroatoms. The first-order valence-electron chi connectivity index (χ1n) is 16.4. The summed E-state index contributed by atoms with van der Waals surface area (Å²) in [6, 6.07) is 30.8. The molecule has 0 aliphatic carbocycles. The van der Waals surface area contributed by atoms with E-state index in [0.29, 0.717) is 6.54 Å². The first-order chi connectivity index (χ1) is 22.4. The highest BCUT2D eigenvalue weighted by Gasteiger charge is 2.43. The Morgan fingerprint density at radius 2 is 1.15 bits per heavy atom. The Morgan fingerprint density at radius 3 is 1.53 bits per heavy atom. The van der Waals surface area contributed by atoms with Crippen molar-refractivity contribution in [2.45, 2.75) is 72.2 Å². The van der Waals surface area contributed by atoms with Gasteiger partial charge in [0.05, 0.1) is 14.2 Å². The molecule has 0 unspecified atom stereocenters. The van der Waals surface area contributed by atoms with E-state index in [-0.39, 0.29) is 17.8 Å². The Bertz CT molecular complexity index is 1540. The SMILES string of the molecule is COc1c(C)cc(P(c2cc(C)c(OC)c(C)c2)[C@H]2C[C@@H](CP(c3ccccc3)c3ccccc3)N(C(=O)OC(C)(C)C)C2)cc1C. The minimum absolute atomic E-state index is 0.0345. The van der Waals surface area contributed by atoms with E-state index in [1.165, 1.54) is 21.2 Å². The molecule has 0 aromatic heterocycles. The van der Waals surface area contributed by atoms with Gasteiger partial charge in [0.1, 0.15) is 17.1 Å². The molecule has 47 heavy (non-hydrogen) atoms. The van der Waals surface area contributed by atoms with Crippen molar-refractivity contribution >= 4 is 43.2 Å². The van der Waals surface area contributed by atoms with Gasteiger partial charge in [0.15, 0.2) is 0 Å². The second-order valence-corrected chi connectivity index (χ2v) is 18.3. The van der Waals surface area contributed by atoms with Crippen LogP contribution in [0.2, 0.25) is 0 Å². The van der Waals surface area contributed by atoms with Gasteiger partial charge in [-0.25, -0.2) is 4.79 Å². The van der Waals surface area contributed by atoms with Crippen LogP contribution in [0, 0.1) is 27.7 Å². The van der Waals surface area contributed by atoms with Crippen LogP contribution in [0.25, 0.3) is 0 Å². The summed E-state index contributed by atoms with van der Waals surface area (Å²) in [5.41, 5.74) is 4.19. The van der Waals surface area contributed by atoms with Crippen LogP contribution in [-0.2, 0) is 4.74 Å². The molecule has 0 N–H and O–H groups in total. The standard InChI is InChI=1S/C40H49NO4P2/c1-27-20-34(21-28(2)37(27)43-8)47(35-22-29(3)38(44-9)30(4)23-35)36-24-31(41(25-36)39(42)45-40(5,6)7)26-46(32-16-12-10-13-17-32)33-18-14-11-15-19-33/h10-23,31,36H,24-26H2,1-9H3/t31-,36-/m0/s1. The summed E-state index contributed by atoms with van der Waals surface area (Å²) in [5.74, 6) is 1.86. The number of methoxy groups -OCH3 is 2. The number of hydrogen-bond donors (Lipinski definition) is 0. The summed E-state index contributed by atoms with van der Waals surface area (Å²) in [5, 5.41) is 5.27. The lowest BCUT2D eigenvalue weighted by Gasteiger charge is -2.31. The van der Waals surface area contributed by atoms with Gasteiger partial charge >= 0.3 is 6.09 Å². The van der Waals surface area contributed by atoms with Crippen molar-refractivity contribution in [3.05, 3.63) is 107 Å². The Hall–Kier alpha value is -3.39. The van der Waals surface area contributed by atoms with Crippen molar-refractivity contribution in [1.29, 1.82) is 0 Å². The molecule has 0 radical (unpaired) electrons. The van der Waals surface area contributed by atoms with E-state index in [2.05, 4.69) is 118 Å². The van der Waals surface area contributed by atoms with Crippen LogP contribution >= 0.6 is 15.8 Å². The fraction of sp³-hybridized carbons (Fsp3) is 0.375. The van der Waals surface area contributed by atoms with E-state index < -0.39 is 21.4 Å². The van der Waals surface area contributed by atoms with Crippen LogP contribution in [0.4, 0.5) is 4.79 Å². The average Bonchev–Trinajstić information content (AvgIpc) is 3.43. The molecule has 2 atom stereocenters. The highest BCUT2D eigenvalue weighted by atomic mass is 31.1. The predicted molar refractivity (Wildman–Crippen MR) is 200 cm³/mol. The van der Waals surface area contributed by atoms with Crippen molar-refractivity contribution in [2.24, 2.45) is 0 Å².